The lowest BCUT2D eigenvalue weighted by molar-refractivity contribution is -0.141. The molecule has 1 aromatic heterocycles. The number of amides is 2. The summed E-state index contributed by atoms with van der Waals surface area (Å²) in [6, 6.07) is 7.29. The maximum atomic E-state index is 14.0. The van der Waals surface area contributed by atoms with E-state index < -0.39 is 59.0 Å². The van der Waals surface area contributed by atoms with Crippen LogP contribution in [0.1, 0.15) is 24.0 Å². The number of nitrogens with two attached hydrogens (primary N) is 2. The highest BCUT2D eigenvalue weighted by atomic mass is 16.5. The highest BCUT2D eigenvalue weighted by molar-refractivity contribution is 6.19. The summed E-state index contributed by atoms with van der Waals surface area (Å²) in [5, 5.41) is 9.58. The molecule has 1 aromatic carbocycles. The molecular weight excluding hydrogens is 422 g/mol. The molecule has 0 unspecified atom stereocenters. The van der Waals surface area contributed by atoms with E-state index in [1.54, 1.807) is 25.1 Å². The fourth-order valence-corrected chi connectivity index (χ4v) is 4.10. The summed E-state index contributed by atoms with van der Waals surface area (Å²) in [5.41, 5.74) is 8.64. The Bertz CT molecular complexity index is 1250. The number of hydrogen-bond acceptors (Lipinski definition) is 9. The number of nitrogens with zero attached hydrogens (tertiary/aromatic N) is 1. The number of para-hydroxylation sites is 1. The van der Waals surface area contributed by atoms with Crippen molar-refractivity contribution < 1.29 is 33.4 Å². The molecule has 4 rings (SSSR count). The van der Waals surface area contributed by atoms with Gasteiger partial charge in [-0.1, -0.05) is 18.2 Å². The number of esters is 1. The van der Waals surface area contributed by atoms with Crippen LogP contribution >= 0.6 is 0 Å². The number of benzene rings is 1. The zero-order valence-corrected chi connectivity index (χ0v) is 16.9. The first-order chi connectivity index (χ1) is 15.3. The fraction of sp³-hybridized carbons (Fsp3) is 0.238. The quantitative estimate of drug-likeness (QED) is 0.510. The first-order valence-corrected chi connectivity index (χ1v) is 9.60. The van der Waals surface area contributed by atoms with Crippen LogP contribution in [0.3, 0.4) is 0 Å². The minimum atomic E-state index is -2.10. The minimum absolute atomic E-state index is 0.0417. The molecule has 1 atom stereocenters. The predicted octanol–water partition coefficient (Wildman–Crippen LogP) is -0.624. The molecule has 3 heterocycles. The second-order valence-electron chi connectivity index (χ2n) is 7.08. The van der Waals surface area contributed by atoms with Crippen molar-refractivity contribution in [3.63, 3.8) is 0 Å². The van der Waals surface area contributed by atoms with Crippen molar-refractivity contribution in [2.75, 3.05) is 18.1 Å². The van der Waals surface area contributed by atoms with E-state index in [0.29, 0.717) is 0 Å². The molecule has 5 N–H and O–H groups in total. The molecule has 0 radical (unpaired) electrons. The van der Waals surface area contributed by atoms with Crippen molar-refractivity contribution in [2.45, 2.75) is 18.9 Å². The largest absolute Gasteiger partial charge is 0.462 e. The Kier molecular flexibility index (Phi) is 4.97. The highest BCUT2D eigenvalue weighted by Gasteiger charge is 2.63. The third-order valence-corrected chi connectivity index (χ3v) is 5.24. The standard InChI is InChI=1S/C21H19N3O8/c1-2-30-19(28)15-18(23)32-16-13(26)7-10(9-25)31-17(16)21(15)11-5-3-4-6-12(11)24(20(21)29)8-14(22)27/h3-7,25H,2,8-9,23H2,1H3,(H2,22,27)/t21-/m0/s1. The lowest BCUT2D eigenvalue weighted by Gasteiger charge is -2.34. The summed E-state index contributed by atoms with van der Waals surface area (Å²) in [5.74, 6) is -4.06. The van der Waals surface area contributed by atoms with E-state index in [2.05, 4.69) is 0 Å². The van der Waals surface area contributed by atoms with Crippen LogP contribution < -0.4 is 26.5 Å². The Morgan fingerprint density at radius 2 is 1.97 bits per heavy atom. The first-order valence-electron chi connectivity index (χ1n) is 9.60. The Hall–Kier alpha value is -4.12. The van der Waals surface area contributed by atoms with Gasteiger partial charge in [0.15, 0.2) is 11.2 Å². The van der Waals surface area contributed by atoms with Gasteiger partial charge in [0, 0.05) is 17.3 Å². The van der Waals surface area contributed by atoms with Gasteiger partial charge in [-0.3, -0.25) is 14.4 Å². The summed E-state index contributed by atoms with van der Waals surface area (Å²) in [7, 11) is 0. The number of aliphatic hydroxyl groups excluding tert-OH is 1. The number of carbonyl (C=O) groups is 3. The van der Waals surface area contributed by atoms with Crippen molar-refractivity contribution in [2.24, 2.45) is 11.5 Å². The number of rotatable bonds is 5. The average molecular weight is 441 g/mol. The minimum Gasteiger partial charge on any atom is -0.462 e. The fourth-order valence-electron chi connectivity index (χ4n) is 4.10. The zero-order valence-electron chi connectivity index (χ0n) is 16.9. The number of primary amides is 1. The van der Waals surface area contributed by atoms with Crippen molar-refractivity contribution in [1.82, 2.24) is 0 Å². The second-order valence-corrected chi connectivity index (χ2v) is 7.08. The molecule has 0 saturated heterocycles. The first kappa shape index (κ1) is 21.1. The Balaban J connectivity index is 2.15. The molecule has 0 aliphatic carbocycles. The van der Waals surface area contributed by atoms with Crippen LogP contribution in [-0.4, -0.2) is 36.0 Å². The van der Waals surface area contributed by atoms with Gasteiger partial charge >= 0.3 is 5.97 Å². The number of anilines is 1. The van der Waals surface area contributed by atoms with E-state index in [0.717, 1.165) is 11.0 Å². The third kappa shape index (κ3) is 2.78. The van der Waals surface area contributed by atoms with Crippen molar-refractivity contribution in [3.05, 3.63) is 69.1 Å². The summed E-state index contributed by atoms with van der Waals surface area (Å²) in [6.45, 7) is 0.355. The number of ether oxygens (including phenoxy) is 2. The maximum Gasteiger partial charge on any atom is 0.341 e. The molecule has 2 aliphatic rings. The van der Waals surface area contributed by atoms with Crippen LogP contribution in [0.25, 0.3) is 0 Å². The van der Waals surface area contributed by atoms with Crippen LogP contribution in [0.5, 0.6) is 5.75 Å². The predicted molar refractivity (Wildman–Crippen MR) is 108 cm³/mol. The molecule has 166 valence electrons. The van der Waals surface area contributed by atoms with Gasteiger partial charge in [-0.15, -0.1) is 0 Å². The van der Waals surface area contributed by atoms with Crippen LogP contribution in [0.2, 0.25) is 0 Å². The smallest absolute Gasteiger partial charge is 0.341 e. The molecule has 2 aliphatic heterocycles. The maximum absolute atomic E-state index is 14.0. The van der Waals surface area contributed by atoms with Crippen LogP contribution in [-0.2, 0) is 31.1 Å². The van der Waals surface area contributed by atoms with E-state index in [1.807, 2.05) is 0 Å². The second kappa shape index (κ2) is 7.54. The van der Waals surface area contributed by atoms with E-state index in [9.17, 15) is 24.3 Å². The molecule has 32 heavy (non-hydrogen) atoms. The summed E-state index contributed by atoms with van der Waals surface area (Å²) in [4.78, 5) is 52.5. The van der Waals surface area contributed by atoms with Gasteiger partial charge < -0.3 is 35.4 Å². The lowest BCUT2D eigenvalue weighted by atomic mass is 9.71. The van der Waals surface area contributed by atoms with E-state index in [1.165, 1.54) is 6.07 Å². The van der Waals surface area contributed by atoms with Crippen LogP contribution in [0.4, 0.5) is 5.69 Å². The van der Waals surface area contributed by atoms with Gasteiger partial charge in [0.05, 0.1) is 6.61 Å². The Morgan fingerprint density at radius 1 is 1.25 bits per heavy atom. The molecule has 0 bridgehead atoms. The number of fused-ring (bicyclic) bond motifs is 4. The molecule has 11 nitrogen and oxygen atoms in total. The van der Waals surface area contributed by atoms with E-state index in [4.69, 9.17) is 25.4 Å². The highest BCUT2D eigenvalue weighted by Crippen LogP contribution is 2.55. The molecule has 11 heteroatoms. The molecule has 1 spiro atoms. The third-order valence-electron chi connectivity index (χ3n) is 5.24. The van der Waals surface area contributed by atoms with Crippen molar-refractivity contribution in [3.8, 4) is 5.75 Å². The van der Waals surface area contributed by atoms with Gasteiger partial charge in [-0.2, -0.15) is 0 Å². The SMILES string of the molecule is CCOC(=O)C1=C(N)Oc2c(oc(CO)cc2=O)[C@@]12C(=O)N(CC(N)=O)c1ccccc12. The van der Waals surface area contributed by atoms with Gasteiger partial charge in [-0.05, 0) is 13.0 Å². The summed E-state index contributed by atoms with van der Waals surface area (Å²) >= 11 is 0. The normalized spacial score (nSPS) is 18.9. The molecule has 0 fully saturated rings. The number of aliphatic hydroxyl groups is 1. The van der Waals surface area contributed by atoms with Gasteiger partial charge in [-0.25, -0.2) is 4.79 Å². The monoisotopic (exact) mass is 441 g/mol. The van der Waals surface area contributed by atoms with Crippen LogP contribution in [0.15, 0.2) is 51.0 Å². The van der Waals surface area contributed by atoms with Crippen molar-refractivity contribution in [1.29, 1.82) is 0 Å². The molecular formula is C21H19N3O8. The molecule has 0 saturated carbocycles. The Labute approximate surface area is 180 Å². The summed E-state index contributed by atoms with van der Waals surface area (Å²) < 4.78 is 16.3. The molecule has 2 aromatic rings. The summed E-state index contributed by atoms with van der Waals surface area (Å²) in [6.07, 6.45) is 0. The van der Waals surface area contributed by atoms with E-state index >= 15 is 0 Å². The van der Waals surface area contributed by atoms with Gasteiger partial charge in [0.25, 0.3) is 5.91 Å². The topological polar surface area (TPSA) is 175 Å². The number of hydrogen-bond donors (Lipinski definition) is 3. The zero-order chi connectivity index (χ0) is 23.2. The Morgan fingerprint density at radius 3 is 2.62 bits per heavy atom. The van der Waals surface area contributed by atoms with Gasteiger partial charge in [0.1, 0.15) is 24.5 Å². The lowest BCUT2D eigenvalue weighted by Crippen LogP contribution is -2.50. The number of carbonyl (C=O) groups excluding carboxylic acids is 3. The van der Waals surface area contributed by atoms with Gasteiger partial charge in [0.2, 0.25) is 23.0 Å². The van der Waals surface area contributed by atoms with Crippen LogP contribution in [0, 0.1) is 0 Å². The molecule has 2 amide bonds. The van der Waals surface area contributed by atoms with E-state index in [-0.39, 0.29) is 29.4 Å². The average Bonchev–Trinajstić information content (AvgIpc) is 2.98. The van der Waals surface area contributed by atoms with Crippen molar-refractivity contribution >= 4 is 23.5 Å².